The van der Waals surface area contributed by atoms with E-state index in [9.17, 15) is 0 Å². The van der Waals surface area contributed by atoms with Gasteiger partial charge in [-0.1, -0.05) is 6.07 Å². The van der Waals surface area contributed by atoms with Crippen molar-refractivity contribution in [2.45, 2.75) is 12.3 Å². The lowest BCUT2D eigenvalue weighted by Crippen LogP contribution is -2.32. The van der Waals surface area contributed by atoms with Crippen molar-refractivity contribution in [2.24, 2.45) is 0 Å². The van der Waals surface area contributed by atoms with Crippen molar-refractivity contribution in [3.8, 4) is 17.6 Å². The SMILES string of the molecule is CN1CCC(=CC#N)C(c2ccc3c(c2)OCO3)C1. The number of benzene rings is 1. The van der Waals surface area contributed by atoms with E-state index in [-0.39, 0.29) is 5.92 Å². The summed E-state index contributed by atoms with van der Waals surface area (Å²) in [5, 5.41) is 8.92. The van der Waals surface area contributed by atoms with Gasteiger partial charge in [-0.05, 0) is 36.7 Å². The molecule has 98 valence electrons. The van der Waals surface area contributed by atoms with E-state index in [1.54, 1.807) is 6.08 Å². The van der Waals surface area contributed by atoms with Gasteiger partial charge in [0.1, 0.15) is 0 Å². The second kappa shape index (κ2) is 4.94. The first-order valence-corrected chi connectivity index (χ1v) is 6.44. The van der Waals surface area contributed by atoms with Crippen molar-refractivity contribution in [2.75, 3.05) is 26.9 Å². The summed E-state index contributed by atoms with van der Waals surface area (Å²) >= 11 is 0. The molecule has 0 radical (unpaired) electrons. The van der Waals surface area contributed by atoms with Crippen molar-refractivity contribution in [3.05, 3.63) is 35.4 Å². The quantitative estimate of drug-likeness (QED) is 0.723. The molecule has 0 N–H and O–H groups in total. The molecule has 0 bridgehead atoms. The Morgan fingerprint density at radius 1 is 1.37 bits per heavy atom. The van der Waals surface area contributed by atoms with Gasteiger partial charge in [0.2, 0.25) is 6.79 Å². The van der Waals surface area contributed by atoms with Crippen LogP contribution in [0.5, 0.6) is 11.5 Å². The summed E-state index contributed by atoms with van der Waals surface area (Å²) in [7, 11) is 2.11. The highest BCUT2D eigenvalue weighted by molar-refractivity contribution is 5.47. The van der Waals surface area contributed by atoms with Gasteiger partial charge >= 0.3 is 0 Å². The number of likely N-dealkylation sites (N-methyl/N-ethyl adjacent to an activating group) is 1. The maximum absolute atomic E-state index is 8.92. The maximum atomic E-state index is 8.92. The molecule has 1 atom stereocenters. The molecule has 1 aromatic rings. The fraction of sp³-hybridized carbons (Fsp3) is 0.400. The molecule has 4 nitrogen and oxygen atoms in total. The number of likely N-dealkylation sites (tertiary alicyclic amines) is 1. The van der Waals surface area contributed by atoms with E-state index in [0.29, 0.717) is 6.79 Å². The molecule has 2 aliphatic heterocycles. The zero-order chi connectivity index (χ0) is 13.2. The first-order chi connectivity index (χ1) is 9.28. The fourth-order valence-corrected chi connectivity index (χ4v) is 2.72. The van der Waals surface area contributed by atoms with E-state index >= 15 is 0 Å². The van der Waals surface area contributed by atoms with E-state index in [1.807, 2.05) is 12.1 Å². The lowest BCUT2D eigenvalue weighted by Gasteiger charge is -2.32. The van der Waals surface area contributed by atoms with E-state index < -0.39 is 0 Å². The van der Waals surface area contributed by atoms with Gasteiger partial charge in [0.15, 0.2) is 11.5 Å². The van der Waals surface area contributed by atoms with Crippen LogP contribution >= 0.6 is 0 Å². The molecule has 2 aliphatic rings. The van der Waals surface area contributed by atoms with Crippen molar-refractivity contribution in [1.82, 2.24) is 4.90 Å². The molecule has 19 heavy (non-hydrogen) atoms. The molecule has 0 saturated carbocycles. The summed E-state index contributed by atoms with van der Waals surface area (Å²) < 4.78 is 10.8. The minimum Gasteiger partial charge on any atom is -0.454 e. The molecule has 3 rings (SSSR count). The molecule has 0 aliphatic carbocycles. The monoisotopic (exact) mass is 256 g/mol. The molecular formula is C15H16N2O2. The topological polar surface area (TPSA) is 45.5 Å². The summed E-state index contributed by atoms with van der Waals surface area (Å²) in [6.07, 6.45) is 2.64. The predicted molar refractivity (Wildman–Crippen MR) is 71.1 cm³/mol. The van der Waals surface area contributed by atoms with Crippen LogP contribution in [0.1, 0.15) is 17.9 Å². The van der Waals surface area contributed by atoms with Crippen LogP contribution in [-0.4, -0.2) is 31.8 Å². The van der Waals surface area contributed by atoms with Crippen LogP contribution in [0.4, 0.5) is 0 Å². The Bertz CT molecular complexity index is 560. The number of fused-ring (bicyclic) bond motifs is 1. The van der Waals surface area contributed by atoms with E-state index in [0.717, 1.165) is 31.0 Å². The summed E-state index contributed by atoms with van der Waals surface area (Å²) in [6.45, 7) is 2.24. The zero-order valence-electron chi connectivity index (χ0n) is 10.9. The van der Waals surface area contributed by atoms with Gasteiger partial charge in [-0.25, -0.2) is 0 Å². The van der Waals surface area contributed by atoms with Crippen LogP contribution in [0.25, 0.3) is 0 Å². The number of allylic oxidation sites excluding steroid dienone is 1. The first-order valence-electron chi connectivity index (χ1n) is 6.44. The van der Waals surface area contributed by atoms with Gasteiger partial charge < -0.3 is 14.4 Å². The summed E-state index contributed by atoms with van der Waals surface area (Å²) in [5.74, 6) is 1.88. The summed E-state index contributed by atoms with van der Waals surface area (Å²) in [6, 6.07) is 8.23. The Balaban J connectivity index is 1.94. The molecule has 1 saturated heterocycles. The lowest BCUT2D eigenvalue weighted by atomic mass is 9.85. The second-order valence-electron chi connectivity index (χ2n) is 5.03. The van der Waals surface area contributed by atoms with Gasteiger partial charge in [0, 0.05) is 25.1 Å². The minimum atomic E-state index is 0.271. The number of ether oxygens (including phenoxy) is 2. The minimum absolute atomic E-state index is 0.271. The highest BCUT2D eigenvalue weighted by Gasteiger charge is 2.25. The number of nitriles is 1. The molecular weight excluding hydrogens is 240 g/mol. The van der Waals surface area contributed by atoms with Crippen molar-refractivity contribution in [1.29, 1.82) is 5.26 Å². The third-order valence-corrected chi connectivity index (χ3v) is 3.77. The summed E-state index contributed by atoms with van der Waals surface area (Å²) in [5.41, 5.74) is 2.40. The fourth-order valence-electron chi connectivity index (χ4n) is 2.72. The number of nitrogens with zero attached hydrogens (tertiary/aromatic N) is 2. The third kappa shape index (κ3) is 2.29. The maximum Gasteiger partial charge on any atom is 0.231 e. The Labute approximate surface area is 112 Å². The Morgan fingerprint density at radius 3 is 3.05 bits per heavy atom. The third-order valence-electron chi connectivity index (χ3n) is 3.77. The van der Waals surface area contributed by atoms with Crippen LogP contribution in [0, 0.1) is 11.3 Å². The molecule has 4 heteroatoms. The van der Waals surface area contributed by atoms with E-state index in [2.05, 4.69) is 24.1 Å². The predicted octanol–water partition coefficient (Wildman–Crippen LogP) is 2.28. The van der Waals surface area contributed by atoms with Gasteiger partial charge in [-0.15, -0.1) is 0 Å². The lowest BCUT2D eigenvalue weighted by molar-refractivity contribution is 0.174. The van der Waals surface area contributed by atoms with Crippen molar-refractivity contribution >= 4 is 0 Å². The van der Waals surface area contributed by atoms with Crippen molar-refractivity contribution in [3.63, 3.8) is 0 Å². The Morgan fingerprint density at radius 2 is 2.21 bits per heavy atom. The molecule has 1 unspecified atom stereocenters. The number of piperidine rings is 1. The number of hydrogen-bond acceptors (Lipinski definition) is 4. The van der Waals surface area contributed by atoms with Crippen molar-refractivity contribution < 1.29 is 9.47 Å². The molecule has 1 fully saturated rings. The first kappa shape index (κ1) is 12.1. The van der Waals surface area contributed by atoms with Gasteiger partial charge in [-0.3, -0.25) is 0 Å². The molecule has 0 aromatic heterocycles. The van der Waals surface area contributed by atoms with Crippen LogP contribution in [-0.2, 0) is 0 Å². The molecule has 0 spiro atoms. The standard InChI is InChI=1S/C15H16N2O2/c1-17-7-5-11(4-6-16)13(9-17)12-2-3-14-15(8-12)19-10-18-14/h2-4,8,13H,5,7,9-10H2,1H3. The Hall–Kier alpha value is -1.99. The van der Waals surface area contributed by atoms with Gasteiger partial charge in [-0.2, -0.15) is 5.26 Å². The number of hydrogen-bond donors (Lipinski definition) is 0. The number of rotatable bonds is 1. The Kier molecular flexibility index (Phi) is 3.14. The molecule has 0 amide bonds. The molecule has 1 aromatic carbocycles. The van der Waals surface area contributed by atoms with Crippen LogP contribution in [0.15, 0.2) is 29.8 Å². The smallest absolute Gasteiger partial charge is 0.231 e. The van der Waals surface area contributed by atoms with E-state index in [4.69, 9.17) is 14.7 Å². The van der Waals surface area contributed by atoms with E-state index in [1.165, 1.54) is 11.1 Å². The van der Waals surface area contributed by atoms with Gasteiger partial charge in [0.05, 0.1) is 6.07 Å². The summed E-state index contributed by atoms with van der Waals surface area (Å²) in [4.78, 5) is 2.30. The average Bonchev–Trinajstić information content (AvgIpc) is 2.88. The van der Waals surface area contributed by atoms with Crippen LogP contribution in [0.2, 0.25) is 0 Å². The van der Waals surface area contributed by atoms with Crippen LogP contribution < -0.4 is 9.47 Å². The zero-order valence-corrected chi connectivity index (χ0v) is 10.9. The highest BCUT2D eigenvalue weighted by Crippen LogP contribution is 2.38. The highest BCUT2D eigenvalue weighted by atomic mass is 16.7. The normalized spacial score (nSPS) is 24.4. The largest absolute Gasteiger partial charge is 0.454 e. The second-order valence-corrected chi connectivity index (χ2v) is 5.03. The van der Waals surface area contributed by atoms with Gasteiger partial charge in [0.25, 0.3) is 0 Å². The molecule has 2 heterocycles. The van der Waals surface area contributed by atoms with Crippen LogP contribution in [0.3, 0.4) is 0 Å². The average molecular weight is 256 g/mol.